The molecule has 0 bridgehead atoms. The fourth-order valence-electron chi connectivity index (χ4n) is 0.698. The maximum absolute atomic E-state index is 10.5. The van der Waals surface area contributed by atoms with Gasteiger partial charge in [0.25, 0.3) is 0 Å². The van der Waals surface area contributed by atoms with E-state index in [2.05, 4.69) is 10.2 Å². The van der Waals surface area contributed by atoms with Gasteiger partial charge in [0.15, 0.2) is 0 Å². The summed E-state index contributed by atoms with van der Waals surface area (Å²) < 4.78 is 0. The fraction of sp³-hybridized carbons (Fsp3) is 0.750. The Balaban J connectivity index is 2.42. The largest absolute Gasteiger partial charge is 0.355 e. The summed E-state index contributed by atoms with van der Waals surface area (Å²) in [5.74, 6) is 0.000000000000000666. The summed E-state index contributed by atoms with van der Waals surface area (Å²) in [6.07, 6.45) is 0.794. The zero-order valence-electron chi connectivity index (χ0n) is 4.28. The molecule has 3 nitrogen and oxygen atoms in total. The number of amides is 1. The van der Waals surface area contributed by atoms with Gasteiger partial charge in [-0.15, -0.1) is 0 Å². The lowest BCUT2D eigenvalue weighted by atomic mass is 10.3. The lowest BCUT2D eigenvalue weighted by Crippen LogP contribution is -2.30. The van der Waals surface area contributed by atoms with Gasteiger partial charge in [0.2, 0.25) is 5.91 Å². The molecular formula is C4H7ClN2O. The third-order valence-electron chi connectivity index (χ3n) is 1.18. The highest BCUT2D eigenvalue weighted by atomic mass is 35.5. The van der Waals surface area contributed by atoms with Crippen LogP contribution in [0.2, 0.25) is 0 Å². The van der Waals surface area contributed by atoms with Crippen LogP contribution in [0.4, 0.5) is 0 Å². The van der Waals surface area contributed by atoms with E-state index in [0.717, 1.165) is 13.0 Å². The third kappa shape index (κ3) is 0.928. The molecule has 0 aromatic rings. The highest BCUT2D eigenvalue weighted by Crippen LogP contribution is 1.98. The van der Waals surface area contributed by atoms with Crippen molar-refractivity contribution in [2.24, 2.45) is 0 Å². The van der Waals surface area contributed by atoms with E-state index in [9.17, 15) is 4.79 Å². The van der Waals surface area contributed by atoms with Crippen LogP contribution in [0.3, 0.4) is 0 Å². The van der Waals surface area contributed by atoms with Gasteiger partial charge in [0.1, 0.15) is 6.04 Å². The summed E-state index contributed by atoms with van der Waals surface area (Å²) in [7, 11) is 0. The second-order valence-corrected chi connectivity index (χ2v) is 1.96. The molecule has 0 aromatic heterocycles. The Kier molecular flexibility index (Phi) is 1.70. The van der Waals surface area contributed by atoms with E-state index in [1.165, 1.54) is 0 Å². The molecule has 0 aliphatic carbocycles. The standard InChI is InChI=1S/C4H7ClN2O/c5-7-3-1-2-6-4(3)8/h3,7H,1-2H2,(H,6,8)/t3-/m0/s1. The summed E-state index contributed by atoms with van der Waals surface area (Å²) in [4.78, 5) is 12.9. The first kappa shape index (κ1) is 5.85. The van der Waals surface area contributed by atoms with Gasteiger partial charge in [-0.2, -0.15) is 0 Å². The van der Waals surface area contributed by atoms with Crippen molar-refractivity contribution in [2.45, 2.75) is 12.5 Å². The lowest BCUT2D eigenvalue weighted by Gasteiger charge is -1.98. The number of carbonyl (C=O) groups is 1. The van der Waals surface area contributed by atoms with E-state index in [1.807, 2.05) is 0 Å². The minimum Gasteiger partial charge on any atom is -0.355 e. The molecule has 8 heavy (non-hydrogen) atoms. The molecule has 1 aliphatic rings. The van der Waals surface area contributed by atoms with Gasteiger partial charge < -0.3 is 5.32 Å². The van der Waals surface area contributed by atoms with Crippen LogP contribution >= 0.6 is 11.8 Å². The van der Waals surface area contributed by atoms with Crippen molar-refractivity contribution in [2.75, 3.05) is 6.54 Å². The monoisotopic (exact) mass is 134 g/mol. The fourth-order valence-corrected chi connectivity index (χ4v) is 0.906. The topological polar surface area (TPSA) is 41.1 Å². The number of halogens is 1. The molecule has 1 saturated heterocycles. The first-order chi connectivity index (χ1) is 3.84. The molecule has 1 aliphatic heterocycles. The summed E-state index contributed by atoms with van der Waals surface area (Å²) in [5, 5.41) is 2.63. The van der Waals surface area contributed by atoms with Gasteiger partial charge in [-0.3, -0.25) is 4.79 Å². The Bertz CT molecular complexity index is 106. The smallest absolute Gasteiger partial charge is 0.238 e. The zero-order valence-corrected chi connectivity index (χ0v) is 5.03. The first-order valence-corrected chi connectivity index (χ1v) is 2.86. The molecule has 1 atom stereocenters. The SMILES string of the molecule is O=C1NCC[C@@H]1NCl. The molecule has 46 valence electrons. The number of hydrogen-bond donors (Lipinski definition) is 2. The molecule has 1 rings (SSSR count). The highest BCUT2D eigenvalue weighted by Gasteiger charge is 2.21. The molecule has 4 heteroatoms. The Morgan fingerprint density at radius 3 is 2.88 bits per heavy atom. The third-order valence-corrected chi connectivity index (χ3v) is 1.44. The molecule has 0 unspecified atom stereocenters. The van der Waals surface area contributed by atoms with Crippen LogP contribution in [-0.2, 0) is 4.79 Å². The molecule has 1 fully saturated rings. The predicted molar refractivity (Wildman–Crippen MR) is 30.4 cm³/mol. The zero-order chi connectivity index (χ0) is 5.98. The van der Waals surface area contributed by atoms with Crippen LogP contribution < -0.4 is 10.2 Å². The predicted octanol–water partition coefficient (Wildman–Crippen LogP) is -0.382. The van der Waals surface area contributed by atoms with Crippen molar-refractivity contribution in [3.05, 3.63) is 0 Å². The van der Waals surface area contributed by atoms with Crippen LogP contribution in [0.1, 0.15) is 6.42 Å². The maximum Gasteiger partial charge on any atom is 0.238 e. The molecule has 0 radical (unpaired) electrons. The van der Waals surface area contributed by atoms with E-state index in [-0.39, 0.29) is 11.9 Å². The van der Waals surface area contributed by atoms with Gasteiger partial charge in [-0.1, -0.05) is 0 Å². The summed E-state index contributed by atoms with van der Waals surface area (Å²) in [6, 6.07) is -0.170. The van der Waals surface area contributed by atoms with Crippen molar-refractivity contribution in [1.82, 2.24) is 10.2 Å². The lowest BCUT2D eigenvalue weighted by molar-refractivity contribution is -0.120. The minimum absolute atomic E-state index is 0.000000000000000666. The normalized spacial score (nSPS) is 28.1. The molecular weight excluding hydrogens is 128 g/mol. The number of nitrogens with one attached hydrogen (secondary N) is 2. The van der Waals surface area contributed by atoms with E-state index in [4.69, 9.17) is 11.8 Å². The van der Waals surface area contributed by atoms with Crippen molar-refractivity contribution in [1.29, 1.82) is 0 Å². The van der Waals surface area contributed by atoms with Gasteiger partial charge in [-0.25, -0.2) is 4.84 Å². The Morgan fingerprint density at radius 1 is 1.88 bits per heavy atom. The Hall–Kier alpha value is -0.280. The van der Waals surface area contributed by atoms with Crippen molar-refractivity contribution in [3.8, 4) is 0 Å². The van der Waals surface area contributed by atoms with Crippen molar-refractivity contribution >= 4 is 17.7 Å². The van der Waals surface area contributed by atoms with Crippen LogP contribution in [0.25, 0.3) is 0 Å². The van der Waals surface area contributed by atoms with E-state index in [0.29, 0.717) is 0 Å². The van der Waals surface area contributed by atoms with Crippen LogP contribution in [0.5, 0.6) is 0 Å². The van der Waals surface area contributed by atoms with E-state index >= 15 is 0 Å². The van der Waals surface area contributed by atoms with Gasteiger partial charge in [0, 0.05) is 6.54 Å². The molecule has 1 heterocycles. The number of hydrogen-bond acceptors (Lipinski definition) is 2. The van der Waals surface area contributed by atoms with Crippen LogP contribution in [0.15, 0.2) is 0 Å². The van der Waals surface area contributed by atoms with Crippen LogP contribution in [-0.4, -0.2) is 18.5 Å². The average Bonchev–Trinajstić information content (AvgIpc) is 2.14. The second kappa shape index (κ2) is 2.33. The van der Waals surface area contributed by atoms with E-state index < -0.39 is 0 Å². The van der Waals surface area contributed by atoms with Crippen molar-refractivity contribution < 1.29 is 4.79 Å². The highest BCUT2D eigenvalue weighted by molar-refractivity contribution is 6.15. The Morgan fingerprint density at radius 2 is 2.62 bits per heavy atom. The first-order valence-electron chi connectivity index (χ1n) is 2.48. The summed E-state index contributed by atoms with van der Waals surface area (Å²) >= 11 is 5.19. The quantitative estimate of drug-likeness (QED) is 0.480. The van der Waals surface area contributed by atoms with Gasteiger partial charge >= 0.3 is 0 Å². The van der Waals surface area contributed by atoms with Gasteiger partial charge in [0.05, 0.1) is 0 Å². The van der Waals surface area contributed by atoms with E-state index in [1.54, 1.807) is 0 Å². The number of rotatable bonds is 1. The number of carbonyl (C=O) groups excluding carboxylic acids is 1. The average molecular weight is 135 g/mol. The molecule has 0 saturated carbocycles. The minimum atomic E-state index is -0.170. The molecule has 0 aromatic carbocycles. The second-order valence-electron chi connectivity index (χ2n) is 1.74. The van der Waals surface area contributed by atoms with Crippen molar-refractivity contribution in [3.63, 3.8) is 0 Å². The summed E-state index contributed by atoms with van der Waals surface area (Å²) in [5.41, 5.74) is 0. The molecule has 1 amide bonds. The summed E-state index contributed by atoms with van der Waals surface area (Å²) in [6.45, 7) is 0.739. The maximum atomic E-state index is 10.5. The Labute approximate surface area is 52.5 Å². The van der Waals surface area contributed by atoms with Crippen LogP contribution in [0, 0.1) is 0 Å². The molecule has 2 N–H and O–H groups in total. The molecule has 0 spiro atoms. The van der Waals surface area contributed by atoms with Gasteiger partial charge in [-0.05, 0) is 18.2 Å².